The van der Waals surface area contributed by atoms with Gasteiger partial charge in [-0.05, 0) is 18.8 Å². The van der Waals surface area contributed by atoms with Crippen molar-refractivity contribution in [2.75, 3.05) is 0 Å². The number of nitrogens with zero attached hydrogens (tertiary/aromatic N) is 4. The molecule has 0 aromatic carbocycles. The summed E-state index contributed by atoms with van der Waals surface area (Å²) >= 11 is 0. The van der Waals surface area contributed by atoms with Gasteiger partial charge in [0, 0.05) is 5.41 Å². The van der Waals surface area contributed by atoms with Gasteiger partial charge in [-0.1, -0.05) is 20.8 Å². The Labute approximate surface area is 102 Å². The first-order chi connectivity index (χ1) is 7.87. The van der Waals surface area contributed by atoms with E-state index in [1.54, 1.807) is 13.8 Å². The monoisotopic (exact) mass is 226 g/mol. The highest BCUT2D eigenvalue weighted by Gasteiger charge is 2.66. The van der Waals surface area contributed by atoms with Gasteiger partial charge in [-0.3, -0.25) is 0 Å². The van der Waals surface area contributed by atoms with Crippen molar-refractivity contribution in [1.82, 2.24) is 0 Å². The molecule has 0 aliphatic heterocycles. The molecule has 0 heterocycles. The van der Waals surface area contributed by atoms with Gasteiger partial charge in [0.2, 0.25) is 0 Å². The van der Waals surface area contributed by atoms with Gasteiger partial charge in [0.1, 0.15) is 0 Å². The van der Waals surface area contributed by atoms with E-state index >= 15 is 0 Å². The Morgan fingerprint density at radius 1 is 0.941 bits per heavy atom. The Hall–Kier alpha value is -2.04. The van der Waals surface area contributed by atoms with Crippen molar-refractivity contribution in [3.63, 3.8) is 0 Å². The molecule has 0 bridgehead atoms. The molecule has 1 aliphatic carbocycles. The quantitative estimate of drug-likeness (QED) is 0.634. The Balaban J connectivity index is 3.62. The minimum absolute atomic E-state index is 0.122. The molecule has 0 amide bonds. The summed E-state index contributed by atoms with van der Waals surface area (Å²) in [5.41, 5.74) is -3.77. The summed E-state index contributed by atoms with van der Waals surface area (Å²) in [7, 11) is 0. The molecule has 1 fully saturated rings. The Morgan fingerprint density at radius 2 is 1.41 bits per heavy atom. The zero-order chi connectivity index (χ0) is 13.3. The topological polar surface area (TPSA) is 95.2 Å². The predicted octanol–water partition coefficient (Wildman–Crippen LogP) is 2.51. The molecule has 17 heavy (non-hydrogen) atoms. The second-order valence-corrected chi connectivity index (χ2v) is 5.26. The molecule has 1 rings (SSSR count). The van der Waals surface area contributed by atoms with E-state index in [-0.39, 0.29) is 12.3 Å². The first-order valence-electron chi connectivity index (χ1n) is 5.52. The molecule has 4 heteroatoms. The summed E-state index contributed by atoms with van der Waals surface area (Å²) < 4.78 is 0. The van der Waals surface area contributed by atoms with Crippen LogP contribution in [0.5, 0.6) is 0 Å². The summed E-state index contributed by atoms with van der Waals surface area (Å²) in [5.74, 6) is 0.122. The van der Waals surface area contributed by atoms with E-state index in [1.807, 2.05) is 31.2 Å². The van der Waals surface area contributed by atoms with Crippen molar-refractivity contribution in [3.05, 3.63) is 0 Å². The first-order valence-corrected chi connectivity index (χ1v) is 5.52. The van der Waals surface area contributed by atoms with Gasteiger partial charge in [0.25, 0.3) is 0 Å². The lowest BCUT2D eigenvalue weighted by Crippen LogP contribution is -2.55. The van der Waals surface area contributed by atoms with Crippen molar-refractivity contribution < 1.29 is 0 Å². The molecule has 1 unspecified atom stereocenters. The van der Waals surface area contributed by atoms with Crippen LogP contribution in [0.25, 0.3) is 0 Å². The maximum Gasteiger partial charge on any atom is 0.180 e. The average Bonchev–Trinajstić information content (AvgIpc) is 2.33. The van der Waals surface area contributed by atoms with E-state index < -0.39 is 16.2 Å². The minimum Gasteiger partial charge on any atom is -0.196 e. The van der Waals surface area contributed by atoms with E-state index in [0.717, 1.165) is 0 Å². The van der Waals surface area contributed by atoms with Crippen LogP contribution in [-0.2, 0) is 0 Å². The summed E-state index contributed by atoms with van der Waals surface area (Å²) in [6.07, 6.45) is 0.963. The van der Waals surface area contributed by atoms with E-state index in [9.17, 15) is 21.0 Å². The maximum absolute atomic E-state index is 9.42. The third-order valence-corrected chi connectivity index (χ3v) is 4.51. The van der Waals surface area contributed by atoms with Crippen LogP contribution < -0.4 is 0 Å². The van der Waals surface area contributed by atoms with Crippen LogP contribution in [0.2, 0.25) is 0 Å². The fourth-order valence-electron chi connectivity index (χ4n) is 2.71. The minimum atomic E-state index is -1.57. The van der Waals surface area contributed by atoms with Crippen molar-refractivity contribution >= 4 is 0 Å². The van der Waals surface area contributed by atoms with Gasteiger partial charge in [-0.2, -0.15) is 21.0 Å². The summed E-state index contributed by atoms with van der Waals surface area (Å²) in [6.45, 7) is 5.56. The van der Waals surface area contributed by atoms with Crippen LogP contribution in [0, 0.1) is 67.5 Å². The largest absolute Gasteiger partial charge is 0.196 e. The van der Waals surface area contributed by atoms with E-state index in [2.05, 4.69) is 0 Å². The third-order valence-electron chi connectivity index (χ3n) is 4.51. The van der Waals surface area contributed by atoms with Gasteiger partial charge in [0.05, 0.1) is 24.3 Å². The highest BCUT2D eigenvalue weighted by Crippen LogP contribution is 2.61. The lowest BCUT2D eigenvalue weighted by molar-refractivity contribution is -0.00485. The lowest BCUT2D eigenvalue weighted by Gasteiger charge is -2.51. The van der Waals surface area contributed by atoms with E-state index in [4.69, 9.17) is 0 Å². The van der Waals surface area contributed by atoms with Crippen molar-refractivity contribution in [2.45, 2.75) is 33.6 Å². The number of nitriles is 4. The first kappa shape index (κ1) is 13.0. The molecule has 0 aromatic rings. The van der Waals surface area contributed by atoms with Crippen molar-refractivity contribution in [2.24, 2.45) is 22.2 Å². The average molecular weight is 226 g/mol. The molecule has 0 radical (unpaired) electrons. The highest BCUT2D eigenvalue weighted by molar-refractivity contribution is 5.39. The van der Waals surface area contributed by atoms with Gasteiger partial charge in [0.15, 0.2) is 10.8 Å². The lowest BCUT2D eigenvalue weighted by atomic mass is 9.45. The Bertz CT molecular complexity index is 461. The number of hydrogen-bond donors (Lipinski definition) is 0. The van der Waals surface area contributed by atoms with Gasteiger partial charge < -0.3 is 0 Å². The summed E-state index contributed by atoms with van der Waals surface area (Å²) in [5, 5.41) is 37.4. The second kappa shape index (κ2) is 3.76. The third kappa shape index (κ3) is 1.25. The molecule has 1 atom stereocenters. The number of hydrogen-bond acceptors (Lipinski definition) is 4. The molecular formula is C13H14N4. The van der Waals surface area contributed by atoms with Crippen molar-refractivity contribution in [3.8, 4) is 24.3 Å². The van der Waals surface area contributed by atoms with Gasteiger partial charge in [-0.15, -0.1) is 0 Å². The maximum atomic E-state index is 9.42. The predicted molar refractivity (Wildman–Crippen MR) is 59.5 cm³/mol. The Kier molecular flexibility index (Phi) is 2.88. The van der Waals surface area contributed by atoms with Crippen LogP contribution in [0.3, 0.4) is 0 Å². The summed E-state index contributed by atoms with van der Waals surface area (Å²) in [4.78, 5) is 0. The van der Waals surface area contributed by atoms with E-state index in [1.165, 1.54) is 0 Å². The molecule has 0 spiro atoms. The smallest absolute Gasteiger partial charge is 0.180 e. The fraction of sp³-hybridized carbons (Fsp3) is 0.692. The Morgan fingerprint density at radius 3 is 1.76 bits per heavy atom. The fourth-order valence-corrected chi connectivity index (χ4v) is 2.71. The van der Waals surface area contributed by atoms with Crippen LogP contribution in [0.1, 0.15) is 33.6 Å². The molecule has 1 saturated carbocycles. The molecule has 0 saturated heterocycles. The SMILES string of the molecule is CC1CCC(C#N)(C#N)C(C#N)(C#N)C1(C)C. The standard InChI is InChI=1S/C13H14N4/c1-10-4-5-12(6-14,7-15)13(8-16,9-17)11(10,2)3/h10H,4-5H2,1-3H3. The molecule has 0 aromatic heterocycles. The van der Waals surface area contributed by atoms with Crippen LogP contribution in [0.4, 0.5) is 0 Å². The number of rotatable bonds is 0. The van der Waals surface area contributed by atoms with E-state index in [0.29, 0.717) is 6.42 Å². The molecule has 86 valence electrons. The zero-order valence-corrected chi connectivity index (χ0v) is 10.3. The second-order valence-electron chi connectivity index (χ2n) is 5.26. The molecule has 4 nitrogen and oxygen atoms in total. The molecular weight excluding hydrogens is 212 g/mol. The van der Waals surface area contributed by atoms with Crippen LogP contribution >= 0.6 is 0 Å². The molecule has 0 N–H and O–H groups in total. The van der Waals surface area contributed by atoms with Crippen molar-refractivity contribution in [1.29, 1.82) is 21.0 Å². The van der Waals surface area contributed by atoms with Crippen LogP contribution in [-0.4, -0.2) is 0 Å². The van der Waals surface area contributed by atoms with Gasteiger partial charge in [-0.25, -0.2) is 0 Å². The molecule has 1 aliphatic rings. The van der Waals surface area contributed by atoms with Gasteiger partial charge >= 0.3 is 0 Å². The summed E-state index contributed by atoms with van der Waals surface area (Å²) in [6, 6.07) is 7.81. The van der Waals surface area contributed by atoms with Crippen LogP contribution in [0.15, 0.2) is 0 Å². The zero-order valence-electron chi connectivity index (χ0n) is 10.3. The normalized spacial score (nSPS) is 27.8. The highest BCUT2D eigenvalue weighted by atomic mass is 14.7.